The molecule has 82 valence electrons. The van der Waals surface area contributed by atoms with Crippen LogP contribution in [0.25, 0.3) is 0 Å². The second-order valence-corrected chi connectivity index (χ2v) is 5.68. The predicted molar refractivity (Wildman–Crippen MR) is 66.0 cm³/mol. The fraction of sp³-hybridized carbons (Fsp3) is 0.909. The van der Waals surface area contributed by atoms with Crippen LogP contribution >= 0.6 is 11.8 Å². The summed E-state index contributed by atoms with van der Waals surface area (Å²) in [6.07, 6.45) is 1.19. The Balaban J connectivity index is 2.27. The van der Waals surface area contributed by atoms with Crippen LogP contribution in [0.5, 0.6) is 0 Å². The van der Waals surface area contributed by atoms with Crippen molar-refractivity contribution in [1.82, 2.24) is 5.32 Å². The van der Waals surface area contributed by atoms with Crippen LogP contribution in [-0.2, 0) is 0 Å². The van der Waals surface area contributed by atoms with Crippen molar-refractivity contribution in [1.29, 1.82) is 0 Å². The summed E-state index contributed by atoms with van der Waals surface area (Å²) in [7, 11) is 0. The molecule has 0 bridgehead atoms. The van der Waals surface area contributed by atoms with Gasteiger partial charge in [0.05, 0.1) is 0 Å². The van der Waals surface area contributed by atoms with Crippen LogP contribution in [0.2, 0.25) is 0 Å². The zero-order valence-electron chi connectivity index (χ0n) is 9.71. The van der Waals surface area contributed by atoms with Gasteiger partial charge in [-0.25, -0.2) is 0 Å². The van der Waals surface area contributed by atoms with E-state index in [9.17, 15) is 0 Å². The van der Waals surface area contributed by atoms with E-state index in [0.717, 1.165) is 17.6 Å². The van der Waals surface area contributed by atoms with Crippen LogP contribution in [0.1, 0.15) is 34.1 Å². The lowest BCUT2D eigenvalue weighted by Crippen LogP contribution is -2.31. The number of hydrogen-bond donors (Lipinski definition) is 1. The molecule has 1 fully saturated rings. The fourth-order valence-corrected chi connectivity index (χ4v) is 2.51. The Kier molecular flexibility index (Phi) is 4.79. The zero-order valence-corrected chi connectivity index (χ0v) is 10.5. The average Bonchev–Trinajstić information content (AvgIpc) is 2.52. The molecular formula is C11H22N2S. The van der Waals surface area contributed by atoms with E-state index in [1.54, 1.807) is 0 Å². The molecule has 0 aliphatic carbocycles. The maximum absolute atomic E-state index is 4.56. The van der Waals surface area contributed by atoms with E-state index in [4.69, 9.17) is 0 Å². The van der Waals surface area contributed by atoms with Crippen molar-refractivity contribution in [3.63, 3.8) is 0 Å². The van der Waals surface area contributed by atoms with Crippen molar-refractivity contribution >= 4 is 16.9 Å². The van der Waals surface area contributed by atoms with Gasteiger partial charge in [0.15, 0.2) is 5.17 Å². The van der Waals surface area contributed by atoms with E-state index in [-0.39, 0.29) is 0 Å². The van der Waals surface area contributed by atoms with Gasteiger partial charge in [-0.15, -0.1) is 0 Å². The normalized spacial score (nSPS) is 25.0. The molecular weight excluding hydrogens is 192 g/mol. The Labute approximate surface area is 92.0 Å². The summed E-state index contributed by atoms with van der Waals surface area (Å²) in [4.78, 5) is 4.56. The molecule has 0 unspecified atom stereocenters. The van der Waals surface area contributed by atoms with Gasteiger partial charge in [0.25, 0.3) is 0 Å². The van der Waals surface area contributed by atoms with Crippen molar-refractivity contribution in [2.45, 2.75) is 40.2 Å². The molecule has 0 saturated carbocycles. The van der Waals surface area contributed by atoms with E-state index < -0.39 is 0 Å². The fourth-order valence-electron chi connectivity index (χ4n) is 1.29. The van der Waals surface area contributed by atoms with Crippen molar-refractivity contribution in [2.24, 2.45) is 16.8 Å². The monoisotopic (exact) mass is 214 g/mol. The number of nitrogens with zero attached hydrogens (tertiary/aromatic N) is 1. The van der Waals surface area contributed by atoms with Crippen molar-refractivity contribution in [3.05, 3.63) is 0 Å². The Morgan fingerprint density at radius 3 is 2.64 bits per heavy atom. The summed E-state index contributed by atoms with van der Waals surface area (Å²) < 4.78 is 0. The smallest absolute Gasteiger partial charge is 0.156 e. The van der Waals surface area contributed by atoms with Crippen molar-refractivity contribution in [2.75, 3.05) is 12.3 Å². The number of thioether (sulfide) groups is 1. The maximum Gasteiger partial charge on any atom is 0.156 e. The topological polar surface area (TPSA) is 24.4 Å². The first-order valence-corrected chi connectivity index (χ1v) is 6.52. The SMILES string of the molecule is CC(C)CCN=C1N[C@@H](C(C)C)CS1. The third-order valence-electron chi connectivity index (χ3n) is 2.48. The molecule has 1 N–H and O–H groups in total. The van der Waals surface area contributed by atoms with Crippen LogP contribution in [0, 0.1) is 11.8 Å². The minimum Gasteiger partial charge on any atom is -0.361 e. The lowest BCUT2D eigenvalue weighted by atomic mass is 10.1. The lowest BCUT2D eigenvalue weighted by Gasteiger charge is -2.13. The molecule has 14 heavy (non-hydrogen) atoms. The summed E-state index contributed by atoms with van der Waals surface area (Å²) in [5.74, 6) is 2.64. The molecule has 3 heteroatoms. The molecule has 0 aromatic carbocycles. The molecule has 0 amide bonds. The molecule has 1 aliphatic rings. The standard InChI is InChI=1S/C11H22N2S/c1-8(2)5-6-12-11-13-10(7-14-11)9(3)4/h8-10H,5-7H2,1-4H3,(H,12,13)/t10-/m1/s1. The molecule has 0 spiro atoms. The van der Waals surface area contributed by atoms with E-state index in [1.165, 1.54) is 12.2 Å². The second-order valence-electron chi connectivity index (χ2n) is 4.68. The number of rotatable bonds is 4. The second kappa shape index (κ2) is 5.64. The third-order valence-corrected chi connectivity index (χ3v) is 3.52. The number of aliphatic imine (C=N–C) groups is 1. The molecule has 0 aromatic rings. The molecule has 0 radical (unpaired) electrons. The van der Waals surface area contributed by atoms with Crippen LogP contribution in [0.4, 0.5) is 0 Å². The van der Waals surface area contributed by atoms with Crippen LogP contribution in [0.15, 0.2) is 4.99 Å². The Morgan fingerprint density at radius 1 is 1.43 bits per heavy atom. The summed E-state index contributed by atoms with van der Waals surface area (Å²) in [6, 6.07) is 0.623. The molecule has 2 nitrogen and oxygen atoms in total. The highest BCUT2D eigenvalue weighted by atomic mass is 32.2. The zero-order chi connectivity index (χ0) is 10.6. The van der Waals surface area contributed by atoms with Gasteiger partial charge in [0.1, 0.15) is 0 Å². The third kappa shape index (κ3) is 3.91. The van der Waals surface area contributed by atoms with E-state index in [0.29, 0.717) is 12.0 Å². The van der Waals surface area contributed by atoms with Crippen LogP contribution in [-0.4, -0.2) is 23.5 Å². The molecule has 0 aromatic heterocycles. The van der Waals surface area contributed by atoms with Gasteiger partial charge in [0, 0.05) is 18.3 Å². The minimum absolute atomic E-state index is 0.623. The lowest BCUT2D eigenvalue weighted by molar-refractivity contribution is 0.502. The Hall–Kier alpha value is -0.180. The van der Waals surface area contributed by atoms with E-state index in [2.05, 4.69) is 38.0 Å². The van der Waals surface area contributed by atoms with Crippen LogP contribution in [0.3, 0.4) is 0 Å². The number of nitrogens with one attached hydrogen (secondary N) is 1. The summed E-state index contributed by atoms with van der Waals surface area (Å²) in [5.41, 5.74) is 0. The Morgan fingerprint density at radius 2 is 2.14 bits per heavy atom. The maximum atomic E-state index is 4.56. The molecule has 1 saturated heterocycles. The highest BCUT2D eigenvalue weighted by molar-refractivity contribution is 8.14. The minimum atomic E-state index is 0.623. The summed E-state index contributed by atoms with van der Waals surface area (Å²) in [6.45, 7) is 9.97. The van der Waals surface area contributed by atoms with Gasteiger partial charge >= 0.3 is 0 Å². The molecule has 1 atom stereocenters. The van der Waals surface area contributed by atoms with Gasteiger partial charge in [-0.1, -0.05) is 39.5 Å². The average molecular weight is 214 g/mol. The predicted octanol–water partition coefficient (Wildman–Crippen LogP) is 2.75. The van der Waals surface area contributed by atoms with Gasteiger partial charge in [-0.05, 0) is 18.3 Å². The van der Waals surface area contributed by atoms with Gasteiger partial charge in [0.2, 0.25) is 0 Å². The largest absolute Gasteiger partial charge is 0.361 e. The Bertz CT molecular complexity index is 199. The number of hydrogen-bond acceptors (Lipinski definition) is 2. The van der Waals surface area contributed by atoms with Gasteiger partial charge in [-0.2, -0.15) is 0 Å². The van der Waals surface area contributed by atoms with Gasteiger partial charge < -0.3 is 5.32 Å². The van der Waals surface area contributed by atoms with Crippen molar-refractivity contribution < 1.29 is 0 Å². The first kappa shape index (κ1) is 11.9. The van der Waals surface area contributed by atoms with Gasteiger partial charge in [-0.3, -0.25) is 4.99 Å². The quantitative estimate of drug-likeness (QED) is 0.778. The first-order valence-electron chi connectivity index (χ1n) is 5.53. The first-order chi connectivity index (χ1) is 6.59. The van der Waals surface area contributed by atoms with Crippen molar-refractivity contribution in [3.8, 4) is 0 Å². The molecule has 1 aliphatic heterocycles. The molecule has 1 rings (SSSR count). The highest BCUT2D eigenvalue weighted by Crippen LogP contribution is 2.19. The highest BCUT2D eigenvalue weighted by Gasteiger charge is 2.22. The van der Waals surface area contributed by atoms with E-state index >= 15 is 0 Å². The molecule has 1 heterocycles. The summed E-state index contributed by atoms with van der Waals surface area (Å²) in [5, 5.41) is 4.63. The van der Waals surface area contributed by atoms with E-state index in [1.807, 2.05) is 11.8 Å². The summed E-state index contributed by atoms with van der Waals surface area (Å²) >= 11 is 1.87. The number of amidine groups is 1. The van der Waals surface area contributed by atoms with Crippen LogP contribution < -0.4 is 5.32 Å².